The van der Waals surface area contributed by atoms with Crippen molar-refractivity contribution in [1.29, 1.82) is 0 Å². The van der Waals surface area contributed by atoms with E-state index in [1.54, 1.807) is 0 Å². The highest BCUT2D eigenvalue weighted by Gasteiger charge is 2.29. The number of nitrogens with one attached hydrogen (secondary N) is 1. The Kier molecular flexibility index (Phi) is 5.21. The quantitative estimate of drug-likeness (QED) is 0.677. The van der Waals surface area contributed by atoms with Gasteiger partial charge in [-0.1, -0.05) is 48.5 Å². The van der Waals surface area contributed by atoms with Gasteiger partial charge in [0, 0.05) is 12.0 Å². The van der Waals surface area contributed by atoms with Crippen LogP contribution in [0.3, 0.4) is 0 Å². The van der Waals surface area contributed by atoms with E-state index in [-0.39, 0.29) is 12.5 Å². The maximum Gasteiger partial charge on any atom is 0.408 e. The molecule has 2 aromatic rings. The normalized spacial score (nSPS) is 13.6. The highest BCUT2D eigenvalue weighted by molar-refractivity contribution is 5.85. The average Bonchev–Trinajstić information content (AvgIpc) is 2.97. The second kappa shape index (κ2) is 7.74. The molecule has 1 atom stereocenters. The van der Waals surface area contributed by atoms with Gasteiger partial charge in [0.15, 0.2) is 0 Å². The lowest BCUT2D eigenvalue weighted by atomic mass is 9.98. The number of benzene rings is 2. The van der Waals surface area contributed by atoms with E-state index in [4.69, 9.17) is 14.9 Å². The molecule has 0 saturated carbocycles. The van der Waals surface area contributed by atoms with Crippen molar-refractivity contribution < 1.29 is 29.3 Å². The Morgan fingerprint density at radius 2 is 1.56 bits per heavy atom. The predicted octanol–water partition coefficient (Wildman–Crippen LogP) is 2.62. The SMILES string of the molecule is O=C(O)/C=C/[C@@H](NC(=O)OCC1c2ccccc2-c2ccccc21)C(=O)O. The number of rotatable bonds is 6. The molecule has 7 heteroatoms. The summed E-state index contributed by atoms with van der Waals surface area (Å²) in [4.78, 5) is 33.6. The van der Waals surface area contributed by atoms with Crippen molar-refractivity contribution in [2.24, 2.45) is 0 Å². The van der Waals surface area contributed by atoms with Crippen LogP contribution >= 0.6 is 0 Å². The van der Waals surface area contributed by atoms with Gasteiger partial charge in [-0.15, -0.1) is 0 Å². The Morgan fingerprint density at radius 1 is 1.00 bits per heavy atom. The average molecular weight is 367 g/mol. The van der Waals surface area contributed by atoms with Gasteiger partial charge < -0.3 is 20.3 Å². The summed E-state index contributed by atoms with van der Waals surface area (Å²) in [6.45, 7) is 0.0366. The molecular weight excluding hydrogens is 350 g/mol. The molecule has 0 aliphatic heterocycles. The van der Waals surface area contributed by atoms with Crippen molar-refractivity contribution in [2.45, 2.75) is 12.0 Å². The van der Waals surface area contributed by atoms with Gasteiger partial charge in [-0.3, -0.25) is 0 Å². The molecule has 0 heterocycles. The summed E-state index contributed by atoms with van der Waals surface area (Å²) in [5, 5.41) is 19.8. The molecule has 0 unspecified atom stereocenters. The van der Waals surface area contributed by atoms with Crippen molar-refractivity contribution >= 4 is 18.0 Å². The molecule has 1 aliphatic rings. The second-order valence-electron chi connectivity index (χ2n) is 5.98. The van der Waals surface area contributed by atoms with E-state index in [1.807, 2.05) is 48.5 Å². The van der Waals surface area contributed by atoms with Crippen molar-refractivity contribution in [1.82, 2.24) is 5.32 Å². The first kappa shape index (κ1) is 18.2. The van der Waals surface area contributed by atoms with Crippen LogP contribution in [0.4, 0.5) is 4.79 Å². The molecule has 138 valence electrons. The van der Waals surface area contributed by atoms with Gasteiger partial charge in [-0.2, -0.15) is 0 Å². The fraction of sp³-hybridized carbons (Fsp3) is 0.150. The number of carbonyl (C=O) groups excluding carboxylic acids is 1. The number of carboxylic acids is 2. The van der Waals surface area contributed by atoms with Crippen LogP contribution in [0.1, 0.15) is 17.0 Å². The number of ether oxygens (including phenoxy) is 1. The van der Waals surface area contributed by atoms with E-state index in [0.717, 1.165) is 28.3 Å². The van der Waals surface area contributed by atoms with Gasteiger partial charge in [0.25, 0.3) is 0 Å². The Hall–Kier alpha value is -3.61. The molecule has 0 aromatic heterocycles. The fourth-order valence-corrected chi connectivity index (χ4v) is 3.14. The molecule has 0 radical (unpaired) electrons. The Labute approximate surface area is 154 Å². The van der Waals surface area contributed by atoms with Crippen molar-refractivity contribution in [2.75, 3.05) is 6.61 Å². The lowest BCUT2D eigenvalue weighted by Gasteiger charge is -2.16. The summed E-state index contributed by atoms with van der Waals surface area (Å²) in [5.41, 5.74) is 4.23. The number of carbonyl (C=O) groups is 3. The summed E-state index contributed by atoms with van der Waals surface area (Å²) in [6, 6.07) is 14.2. The minimum absolute atomic E-state index is 0.0366. The predicted molar refractivity (Wildman–Crippen MR) is 96.4 cm³/mol. The Balaban J connectivity index is 1.70. The van der Waals surface area contributed by atoms with Crippen LogP contribution in [-0.4, -0.2) is 40.9 Å². The van der Waals surface area contributed by atoms with E-state index in [0.29, 0.717) is 6.08 Å². The highest BCUT2D eigenvalue weighted by atomic mass is 16.5. The van der Waals surface area contributed by atoms with Crippen LogP contribution < -0.4 is 5.32 Å². The third-order valence-electron chi connectivity index (χ3n) is 4.31. The number of alkyl carbamates (subject to hydrolysis) is 1. The van der Waals surface area contributed by atoms with Crippen LogP contribution in [0.15, 0.2) is 60.7 Å². The third kappa shape index (κ3) is 3.98. The molecule has 2 aromatic carbocycles. The van der Waals surface area contributed by atoms with Gasteiger partial charge in [0.05, 0.1) is 0 Å². The molecule has 1 aliphatic carbocycles. The molecule has 0 saturated heterocycles. The maximum absolute atomic E-state index is 12.0. The lowest BCUT2D eigenvalue weighted by molar-refractivity contribution is -0.138. The number of hydrogen-bond acceptors (Lipinski definition) is 4. The number of aliphatic carboxylic acids is 2. The number of amides is 1. The van der Waals surface area contributed by atoms with E-state index >= 15 is 0 Å². The topological polar surface area (TPSA) is 113 Å². The molecule has 0 bridgehead atoms. The van der Waals surface area contributed by atoms with Gasteiger partial charge in [-0.05, 0) is 28.3 Å². The first-order valence-electron chi connectivity index (χ1n) is 8.23. The molecule has 27 heavy (non-hydrogen) atoms. The zero-order chi connectivity index (χ0) is 19.4. The largest absolute Gasteiger partial charge is 0.479 e. The monoisotopic (exact) mass is 367 g/mol. The summed E-state index contributed by atoms with van der Waals surface area (Å²) in [5.74, 6) is -2.85. The van der Waals surface area contributed by atoms with Crippen molar-refractivity contribution in [3.63, 3.8) is 0 Å². The lowest BCUT2D eigenvalue weighted by Crippen LogP contribution is -2.40. The van der Waals surface area contributed by atoms with Crippen molar-refractivity contribution in [3.05, 3.63) is 71.8 Å². The third-order valence-corrected chi connectivity index (χ3v) is 4.31. The van der Waals surface area contributed by atoms with Crippen LogP contribution in [0, 0.1) is 0 Å². The molecular formula is C20H17NO6. The molecule has 7 nitrogen and oxygen atoms in total. The van der Waals surface area contributed by atoms with Gasteiger partial charge in [-0.25, -0.2) is 14.4 Å². The van der Waals surface area contributed by atoms with Gasteiger partial charge >= 0.3 is 18.0 Å². The summed E-state index contributed by atoms with van der Waals surface area (Å²) < 4.78 is 5.23. The standard InChI is InChI=1S/C20H17NO6/c22-18(23)10-9-17(19(24)25)21-20(26)27-11-16-14-7-3-1-5-12(14)13-6-2-4-8-15(13)16/h1-10,16-17H,11H2,(H,21,26)(H,22,23)(H,24,25)/b10-9+/t17-/m1/s1. The van der Waals surface area contributed by atoms with Gasteiger partial charge in [0.2, 0.25) is 0 Å². The van der Waals surface area contributed by atoms with Crippen LogP contribution in [0.5, 0.6) is 0 Å². The minimum Gasteiger partial charge on any atom is -0.479 e. The number of carboxylic acid groups (broad SMARTS) is 2. The molecule has 3 N–H and O–H groups in total. The number of fused-ring (bicyclic) bond motifs is 3. The highest BCUT2D eigenvalue weighted by Crippen LogP contribution is 2.44. The first-order chi connectivity index (χ1) is 13.0. The van der Waals surface area contributed by atoms with E-state index < -0.39 is 24.1 Å². The van der Waals surface area contributed by atoms with E-state index in [2.05, 4.69) is 5.32 Å². The van der Waals surface area contributed by atoms with Gasteiger partial charge in [0.1, 0.15) is 12.6 Å². The summed E-state index contributed by atoms with van der Waals surface area (Å²) in [6.07, 6.45) is 0.591. The Bertz CT molecular complexity index is 875. The molecule has 3 rings (SSSR count). The minimum atomic E-state index is -1.49. The van der Waals surface area contributed by atoms with Crippen LogP contribution in [-0.2, 0) is 14.3 Å². The first-order valence-corrected chi connectivity index (χ1v) is 8.23. The zero-order valence-electron chi connectivity index (χ0n) is 14.2. The van der Waals surface area contributed by atoms with Crippen molar-refractivity contribution in [3.8, 4) is 11.1 Å². The fourth-order valence-electron chi connectivity index (χ4n) is 3.14. The summed E-state index contributed by atoms with van der Waals surface area (Å²) in [7, 11) is 0. The smallest absolute Gasteiger partial charge is 0.408 e. The van der Waals surface area contributed by atoms with Crippen LogP contribution in [0.2, 0.25) is 0 Å². The summed E-state index contributed by atoms with van der Waals surface area (Å²) >= 11 is 0. The number of hydrogen-bond donors (Lipinski definition) is 3. The molecule has 1 amide bonds. The second-order valence-corrected chi connectivity index (χ2v) is 5.98. The molecule has 0 fully saturated rings. The van der Waals surface area contributed by atoms with E-state index in [9.17, 15) is 14.4 Å². The maximum atomic E-state index is 12.0. The zero-order valence-corrected chi connectivity index (χ0v) is 14.2. The van der Waals surface area contributed by atoms with E-state index in [1.165, 1.54) is 0 Å². The molecule has 0 spiro atoms. The van der Waals surface area contributed by atoms with Crippen LogP contribution in [0.25, 0.3) is 11.1 Å². The Morgan fingerprint density at radius 3 is 2.07 bits per heavy atom.